The van der Waals surface area contributed by atoms with Crippen LogP contribution < -0.4 is 10.6 Å². The Morgan fingerprint density at radius 1 is 1.04 bits per heavy atom. The van der Waals surface area contributed by atoms with Gasteiger partial charge in [0.2, 0.25) is 5.91 Å². The van der Waals surface area contributed by atoms with E-state index in [1.54, 1.807) is 42.3 Å². The predicted octanol–water partition coefficient (Wildman–Crippen LogP) is 2.10. The molecule has 0 radical (unpaired) electrons. The quantitative estimate of drug-likeness (QED) is 0.722. The number of hydrogen-bond acceptors (Lipinski definition) is 4. The number of para-hydroxylation sites is 1. The number of aromatic nitrogens is 1. The van der Waals surface area contributed by atoms with Crippen LogP contribution in [0.15, 0.2) is 54.7 Å². The number of carbonyl (C=O) groups is 2. The van der Waals surface area contributed by atoms with E-state index in [1.807, 2.05) is 24.3 Å². The molecule has 6 heteroatoms. The number of carbonyl (C=O) groups excluding carboxylic acids is 2. The molecule has 1 aromatic heterocycles. The number of esters is 1. The smallest absolute Gasteiger partial charge is 0.337 e. The Balaban J connectivity index is 2.11. The van der Waals surface area contributed by atoms with Gasteiger partial charge in [-0.2, -0.15) is 4.73 Å². The largest absolute Gasteiger partial charge is 0.465 e. The van der Waals surface area contributed by atoms with Gasteiger partial charge in [-0.25, -0.2) is 4.79 Å². The minimum Gasteiger partial charge on any atom is -0.465 e. The Morgan fingerprint density at radius 3 is 2.32 bits per heavy atom. The second-order valence-electron chi connectivity index (χ2n) is 5.56. The first kappa shape index (κ1) is 16.6. The molecule has 128 valence electrons. The van der Waals surface area contributed by atoms with Crippen molar-refractivity contribution in [2.45, 2.75) is 5.92 Å². The molecule has 0 aliphatic carbocycles. The lowest BCUT2D eigenvalue weighted by Crippen LogP contribution is -2.22. The summed E-state index contributed by atoms with van der Waals surface area (Å²) in [5.74, 6) is -1.57. The van der Waals surface area contributed by atoms with Crippen molar-refractivity contribution in [3.8, 4) is 0 Å². The van der Waals surface area contributed by atoms with Crippen LogP contribution in [0.2, 0.25) is 0 Å². The summed E-state index contributed by atoms with van der Waals surface area (Å²) in [4.78, 5) is 29.1. The zero-order valence-corrected chi connectivity index (χ0v) is 13.9. The van der Waals surface area contributed by atoms with Crippen molar-refractivity contribution in [3.63, 3.8) is 0 Å². The van der Waals surface area contributed by atoms with Crippen LogP contribution in [0, 0.1) is 0 Å². The van der Waals surface area contributed by atoms with Crippen LogP contribution in [-0.2, 0) is 9.53 Å². The van der Waals surface area contributed by atoms with Crippen molar-refractivity contribution in [1.29, 1.82) is 0 Å². The summed E-state index contributed by atoms with van der Waals surface area (Å²) in [6.07, 6.45) is 1.76. The zero-order chi connectivity index (χ0) is 18.0. The Kier molecular flexibility index (Phi) is 4.43. The van der Waals surface area contributed by atoms with E-state index in [-0.39, 0.29) is 0 Å². The van der Waals surface area contributed by atoms with Gasteiger partial charge in [-0.3, -0.25) is 4.79 Å². The number of primary amides is 1. The highest BCUT2D eigenvalue weighted by atomic mass is 16.6. The molecule has 0 saturated carbocycles. The first-order valence-corrected chi connectivity index (χ1v) is 7.69. The summed E-state index contributed by atoms with van der Waals surface area (Å²) in [6, 6.07) is 14.3. The molecule has 25 heavy (non-hydrogen) atoms. The van der Waals surface area contributed by atoms with Gasteiger partial charge in [0.1, 0.15) is 7.11 Å². The number of benzene rings is 2. The maximum atomic E-state index is 12.2. The number of amides is 1. The van der Waals surface area contributed by atoms with Crippen LogP contribution in [0.3, 0.4) is 0 Å². The highest BCUT2D eigenvalue weighted by molar-refractivity contribution is 5.94. The first-order valence-electron chi connectivity index (χ1n) is 7.69. The summed E-state index contributed by atoms with van der Waals surface area (Å²) in [5.41, 5.74) is 8.38. The molecule has 3 aromatic rings. The molecule has 6 nitrogen and oxygen atoms in total. The number of hydrogen-bond donors (Lipinski definition) is 1. The molecule has 2 N–H and O–H groups in total. The Hall–Kier alpha value is -3.28. The topological polar surface area (TPSA) is 83.5 Å². The fourth-order valence-corrected chi connectivity index (χ4v) is 2.98. The monoisotopic (exact) mass is 338 g/mol. The second kappa shape index (κ2) is 6.68. The number of nitrogens with zero attached hydrogens (tertiary/aromatic N) is 1. The minimum atomic E-state index is -0.659. The standard InChI is InChI=1S/C19H18N2O4/c1-24-19(23)13-9-7-12(8-10-13)17(18(20)22)15-11-21(25-2)16-6-4-3-5-14(15)16/h3-11,17H,1-2H3,(H2,20,22). The summed E-state index contributed by atoms with van der Waals surface area (Å²) in [6.45, 7) is 0. The molecular formula is C19H18N2O4. The molecule has 0 aliphatic rings. The third-order valence-corrected chi connectivity index (χ3v) is 4.17. The van der Waals surface area contributed by atoms with E-state index >= 15 is 0 Å². The lowest BCUT2D eigenvalue weighted by atomic mass is 9.90. The van der Waals surface area contributed by atoms with Gasteiger partial charge in [0.15, 0.2) is 0 Å². The molecule has 0 bridgehead atoms. The van der Waals surface area contributed by atoms with E-state index in [2.05, 4.69) is 0 Å². The minimum absolute atomic E-state index is 0.411. The molecule has 2 aromatic carbocycles. The lowest BCUT2D eigenvalue weighted by molar-refractivity contribution is -0.118. The highest BCUT2D eigenvalue weighted by Gasteiger charge is 2.25. The van der Waals surface area contributed by atoms with Crippen LogP contribution in [0.25, 0.3) is 10.9 Å². The molecule has 0 fully saturated rings. The maximum Gasteiger partial charge on any atom is 0.337 e. The fourth-order valence-electron chi connectivity index (χ4n) is 2.98. The normalized spacial score (nSPS) is 11.9. The van der Waals surface area contributed by atoms with Gasteiger partial charge in [0.05, 0.1) is 24.1 Å². The van der Waals surface area contributed by atoms with Crippen LogP contribution in [0.1, 0.15) is 27.4 Å². The average Bonchev–Trinajstić information content (AvgIpc) is 3.00. The van der Waals surface area contributed by atoms with E-state index in [4.69, 9.17) is 15.3 Å². The molecule has 1 atom stereocenters. The van der Waals surface area contributed by atoms with Crippen molar-refractivity contribution in [3.05, 3.63) is 71.4 Å². The molecular weight excluding hydrogens is 320 g/mol. The average molecular weight is 338 g/mol. The number of nitrogens with two attached hydrogens (primary N) is 1. The second-order valence-corrected chi connectivity index (χ2v) is 5.56. The number of rotatable bonds is 5. The van der Waals surface area contributed by atoms with Gasteiger partial charge in [-0.15, -0.1) is 0 Å². The molecule has 3 rings (SSSR count). The van der Waals surface area contributed by atoms with E-state index in [0.717, 1.165) is 16.5 Å². The van der Waals surface area contributed by atoms with Crippen molar-refractivity contribution in [1.82, 2.24) is 4.73 Å². The van der Waals surface area contributed by atoms with E-state index in [9.17, 15) is 9.59 Å². The summed E-state index contributed by atoms with van der Waals surface area (Å²) in [5, 5.41) is 0.880. The van der Waals surface area contributed by atoms with E-state index in [1.165, 1.54) is 7.11 Å². The SMILES string of the molecule is COC(=O)c1ccc(C(C(N)=O)c2cn(OC)c3ccccc23)cc1. The van der Waals surface area contributed by atoms with Gasteiger partial charge >= 0.3 is 5.97 Å². The van der Waals surface area contributed by atoms with Crippen LogP contribution in [-0.4, -0.2) is 30.8 Å². The predicted molar refractivity (Wildman–Crippen MR) is 93.3 cm³/mol. The Bertz CT molecular complexity index is 928. The van der Waals surface area contributed by atoms with E-state index in [0.29, 0.717) is 11.1 Å². The van der Waals surface area contributed by atoms with Gasteiger partial charge in [-0.1, -0.05) is 30.3 Å². The number of methoxy groups -OCH3 is 1. The molecule has 0 saturated heterocycles. The Labute approximate surface area is 144 Å². The Morgan fingerprint density at radius 2 is 1.72 bits per heavy atom. The number of fused-ring (bicyclic) bond motifs is 1. The summed E-state index contributed by atoms with van der Waals surface area (Å²) in [7, 11) is 2.88. The number of ether oxygens (including phenoxy) is 1. The molecule has 1 amide bonds. The molecule has 1 unspecified atom stereocenters. The molecule has 1 heterocycles. The first-order chi connectivity index (χ1) is 12.1. The maximum absolute atomic E-state index is 12.2. The van der Waals surface area contributed by atoms with Gasteiger partial charge in [0.25, 0.3) is 0 Å². The van der Waals surface area contributed by atoms with Gasteiger partial charge < -0.3 is 15.3 Å². The summed E-state index contributed by atoms with van der Waals surface area (Å²) < 4.78 is 6.29. The lowest BCUT2D eigenvalue weighted by Gasteiger charge is -2.13. The molecule has 0 aliphatic heterocycles. The van der Waals surface area contributed by atoms with Crippen molar-refractivity contribution >= 4 is 22.8 Å². The van der Waals surface area contributed by atoms with E-state index < -0.39 is 17.8 Å². The van der Waals surface area contributed by atoms with Crippen LogP contribution in [0.5, 0.6) is 0 Å². The van der Waals surface area contributed by atoms with Gasteiger partial charge in [0, 0.05) is 11.6 Å². The molecule has 0 spiro atoms. The van der Waals surface area contributed by atoms with Crippen molar-refractivity contribution < 1.29 is 19.2 Å². The van der Waals surface area contributed by atoms with Crippen LogP contribution in [0.4, 0.5) is 0 Å². The third kappa shape index (κ3) is 2.94. The van der Waals surface area contributed by atoms with Gasteiger partial charge in [-0.05, 0) is 29.3 Å². The third-order valence-electron chi connectivity index (χ3n) is 4.17. The van der Waals surface area contributed by atoms with Crippen LogP contribution >= 0.6 is 0 Å². The highest BCUT2D eigenvalue weighted by Crippen LogP contribution is 2.32. The van der Waals surface area contributed by atoms with Crippen molar-refractivity contribution in [2.24, 2.45) is 5.73 Å². The summed E-state index contributed by atoms with van der Waals surface area (Å²) >= 11 is 0. The zero-order valence-electron chi connectivity index (χ0n) is 13.9. The van der Waals surface area contributed by atoms with Crippen molar-refractivity contribution in [2.75, 3.05) is 14.2 Å². The fraction of sp³-hybridized carbons (Fsp3) is 0.158.